The minimum absolute atomic E-state index is 0.0743. The van der Waals surface area contributed by atoms with Crippen LogP contribution in [0.2, 0.25) is 5.02 Å². The molecule has 190 valence electrons. The van der Waals surface area contributed by atoms with Crippen molar-refractivity contribution in [3.05, 3.63) is 102 Å². The first kappa shape index (κ1) is 24.7. The second-order valence-electron chi connectivity index (χ2n) is 8.88. The van der Waals surface area contributed by atoms with E-state index in [1.165, 1.54) is 0 Å². The van der Waals surface area contributed by atoms with Crippen LogP contribution < -0.4 is 9.64 Å². The molecule has 4 aromatic rings. The molecule has 2 amide bonds. The maximum atomic E-state index is 14.0. The van der Waals surface area contributed by atoms with Crippen molar-refractivity contribution in [2.75, 3.05) is 24.6 Å². The molecule has 0 radical (unpaired) electrons. The molecule has 1 atom stereocenters. The van der Waals surface area contributed by atoms with Gasteiger partial charge in [-0.3, -0.25) is 14.5 Å². The number of hydrogen-bond donors (Lipinski definition) is 0. The summed E-state index contributed by atoms with van der Waals surface area (Å²) in [6.45, 7) is 2.27. The van der Waals surface area contributed by atoms with Crippen LogP contribution >= 0.6 is 11.6 Å². The van der Waals surface area contributed by atoms with Gasteiger partial charge in [0, 0.05) is 17.8 Å². The fourth-order valence-corrected chi connectivity index (χ4v) is 4.75. The Balaban J connectivity index is 1.42. The zero-order valence-corrected chi connectivity index (χ0v) is 21.3. The molecule has 0 fully saturated rings. The fourth-order valence-electron chi connectivity index (χ4n) is 4.62. The van der Waals surface area contributed by atoms with Gasteiger partial charge in [-0.05, 0) is 67.1 Å². The van der Waals surface area contributed by atoms with E-state index >= 15 is 0 Å². The van der Waals surface area contributed by atoms with Gasteiger partial charge in [-0.2, -0.15) is 0 Å². The number of carbonyl (C=O) groups is 2. The number of para-hydroxylation sites is 2. The average molecular weight is 518 g/mol. The van der Waals surface area contributed by atoms with Gasteiger partial charge >= 0.3 is 0 Å². The van der Waals surface area contributed by atoms with Crippen LogP contribution in [0.25, 0.3) is 5.69 Å². The lowest BCUT2D eigenvalue weighted by atomic mass is 10.0. The van der Waals surface area contributed by atoms with E-state index in [9.17, 15) is 9.59 Å². The highest BCUT2D eigenvalue weighted by Gasteiger charge is 2.38. The summed E-state index contributed by atoms with van der Waals surface area (Å²) in [5, 5.41) is 0.591. The van der Waals surface area contributed by atoms with Gasteiger partial charge in [0.05, 0.1) is 23.3 Å². The van der Waals surface area contributed by atoms with Gasteiger partial charge in [0.1, 0.15) is 24.1 Å². The minimum Gasteiger partial charge on any atom is -0.484 e. The molecule has 0 aliphatic carbocycles. The van der Waals surface area contributed by atoms with E-state index in [1.807, 2.05) is 54.7 Å². The van der Waals surface area contributed by atoms with Crippen LogP contribution in [0.1, 0.15) is 37.3 Å². The second-order valence-corrected chi connectivity index (χ2v) is 9.32. The van der Waals surface area contributed by atoms with E-state index in [0.29, 0.717) is 23.1 Å². The topological polar surface area (TPSA) is 67.9 Å². The van der Waals surface area contributed by atoms with E-state index in [0.717, 1.165) is 29.9 Å². The average Bonchev–Trinajstić information content (AvgIpc) is 3.62. The third kappa shape index (κ3) is 5.13. The van der Waals surface area contributed by atoms with Crippen LogP contribution in [0, 0.1) is 0 Å². The number of hydrogen-bond acceptors (Lipinski definition) is 4. The first-order chi connectivity index (χ1) is 18.1. The number of benzene rings is 2. The monoisotopic (exact) mass is 517 g/mol. The predicted octanol–water partition coefficient (Wildman–Crippen LogP) is 5.87. The zero-order valence-electron chi connectivity index (χ0n) is 20.5. The maximum Gasteiger partial charge on any atom is 0.260 e. The minimum atomic E-state index is -0.458. The molecule has 0 bridgehead atoms. The fraction of sp³-hybridized carbons (Fsp3) is 0.241. The van der Waals surface area contributed by atoms with Crippen molar-refractivity contribution in [1.82, 2.24) is 9.47 Å². The lowest BCUT2D eigenvalue weighted by Gasteiger charge is -2.38. The van der Waals surface area contributed by atoms with Crippen molar-refractivity contribution in [1.29, 1.82) is 0 Å². The quantitative estimate of drug-likeness (QED) is 0.278. The highest BCUT2D eigenvalue weighted by molar-refractivity contribution is 6.30. The van der Waals surface area contributed by atoms with Crippen molar-refractivity contribution in [3.63, 3.8) is 0 Å². The van der Waals surface area contributed by atoms with E-state index in [-0.39, 0.29) is 25.0 Å². The summed E-state index contributed by atoms with van der Waals surface area (Å²) in [5.41, 5.74) is 2.58. The van der Waals surface area contributed by atoms with E-state index in [1.54, 1.807) is 40.3 Å². The molecule has 1 unspecified atom stereocenters. The Morgan fingerprint density at radius 1 is 1.00 bits per heavy atom. The van der Waals surface area contributed by atoms with E-state index < -0.39 is 6.04 Å². The van der Waals surface area contributed by atoms with Crippen LogP contribution in [0.5, 0.6) is 5.75 Å². The molecule has 8 heteroatoms. The lowest BCUT2D eigenvalue weighted by molar-refractivity contribution is -0.137. The number of halogens is 1. The third-order valence-corrected chi connectivity index (χ3v) is 6.69. The van der Waals surface area contributed by atoms with Crippen LogP contribution in [0.15, 0.2) is 89.7 Å². The third-order valence-electron chi connectivity index (χ3n) is 6.44. The molecule has 1 aliphatic heterocycles. The molecule has 5 rings (SSSR count). The Bertz CT molecular complexity index is 1360. The first-order valence-electron chi connectivity index (χ1n) is 12.3. The highest BCUT2D eigenvalue weighted by atomic mass is 35.5. The first-order valence-corrected chi connectivity index (χ1v) is 12.7. The standard InChI is InChI=1S/C29H28ClN3O4/c1-2-3-16-31(28(35)20-37-22-14-12-21(30)13-15-22)19-27(34)33-24-9-5-4-8-23(24)32-17-6-10-25(32)29(33)26-11-7-18-36-26/h4-15,17-18,29H,2-3,16,19-20H2,1H3. The summed E-state index contributed by atoms with van der Waals surface area (Å²) in [7, 11) is 0. The number of amides is 2. The number of carbonyl (C=O) groups excluding carboxylic acids is 2. The molecule has 2 aromatic heterocycles. The van der Waals surface area contributed by atoms with Crippen LogP contribution in [-0.2, 0) is 9.59 Å². The maximum absolute atomic E-state index is 14.0. The number of fused-ring (bicyclic) bond motifs is 3. The molecule has 2 aromatic carbocycles. The van der Waals surface area contributed by atoms with Crippen LogP contribution in [-0.4, -0.2) is 41.0 Å². The number of anilines is 1. The molecule has 7 nitrogen and oxygen atoms in total. The van der Waals surface area contributed by atoms with Gasteiger partial charge in [0.25, 0.3) is 5.91 Å². The zero-order chi connectivity index (χ0) is 25.8. The number of unbranched alkanes of at least 4 members (excludes halogenated alkanes) is 1. The molecular weight excluding hydrogens is 490 g/mol. The van der Waals surface area contributed by atoms with Gasteiger partial charge in [-0.1, -0.05) is 37.1 Å². The molecular formula is C29H28ClN3O4. The Morgan fingerprint density at radius 3 is 2.51 bits per heavy atom. The Morgan fingerprint density at radius 2 is 1.78 bits per heavy atom. The summed E-state index contributed by atoms with van der Waals surface area (Å²) in [6, 6.07) is 21.8. The van der Waals surface area contributed by atoms with Crippen molar-refractivity contribution >= 4 is 29.1 Å². The van der Waals surface area contributed by atoms with Crippen molar-refractivity contribution in [2.45, 2.75) is 25.8 Å². The summed E-state index contributed by atoms with van der Waals surface area (Å²) in [4.78, 5) is 30.5. The Kier molecular flexibility index (Phi) is 7.32. The molecule has 0 saturated heterocycles. The largest absolute Gasteiger partial charge is 0.484 e. The normalized spacial score (nSPS) is 14.1. The van der Waals surface area contributed by atoms with Gasteiger partial charge in [-0.15, -0.1) is 0 Å². The van der Waals surface area contributed by atoms with Gasteiger partial charge in [0.15, 0.2) is 6.61 Å². The van der Waals surface area contributed by atoms with Crippen LogP contribution in [0.3, 0.4) is 0 Å². The van der Waals surface area contributed by atoms with Gasteiger partial charge in [-0.25, -0.2) is 0 Å². The number of furan rings is 1. The van der Waals surface area contributed by atoms with Gasteiger partial charge in [0.2, 0.25) is 5.91 Å². The lowest BCUT2D eigenvalue weighted by Crippen LogP contribution is -2.47. The summed E-state index contributed by atoms with van der Waals surface area (Å²) < 4.78 is 13.6. The molecule has 37 heavy (non-hydrogen) atoms. The SMILES string of the molecule is CCCCN(CC(=O)N1c2ccccc2-n2cccc2C1c1ccco1)C(=O)COc1ccc(Cl)cc1. The van der Waals surface area contributed by atoms with Crippen molar-refractivity contribution in [2.24, 2.45) is 0 Å². The van der Waals surface area contributed by atoms with Crippen molar-refractivity contribution < 1.29 is 18.7 Å². The molecule has 0 spiro atoms. The molecule has 0 N–H and O–H groups in total. The number of aromatic nitrogens is 1. The number of ether oxygens (including phenoxy) is 1. The molecule has 0 saturated carbocycles. The van der Waals surface area contributed by atoms with E-state index in [2.05, 4.69) is 11.5 Å². The summed E-state index contributed by atoms with van der Waals surface area (Å²) >= 11 is 5.94. The van der Waals surface area contributed by atoms with E-state index in [4.69, 9.17) is 20.8 Å². The number of nitrogens with zero attached hydrogens (tertiary/aromatic N) is 3. The van der Waals surface area contributed by atoms with Crippen LogP contribution in [0.4, 0.5) is 5.69 Å². The van der Waals surface area contributed by atoms with Crippen molar-refractivity contribution in [3.8, 4) is 11.4 Å². The summed E-state index contributed by atoms with van der Waals surface area (Å²) in [6.07, 6.45) is 5.26. The number of rotatable bonds is 9. The predicted molar refractivity (Wildman–Crippen MR) is 142 cm³/mol. The smallest absolute Gasteiger partial charge is 0.260 e. The Labute approximate surface area is 220 Å². The Hall–Kier alpha value is -3.97. The summed E-state index contributed by atoms with van der Waals surface area (Å²) in [5.74, 6) is 0.751. The van der Waals surface area contributed by atoms with Gasteiger partial charge < -0.3 is 18.6 Å². The second kappa shape index (κ2) is 11.0. The molecule has 3 heterocycles. The molecule has 1 aliphatic rings. The highest BCUT2D eigenvalue weighted by Crippen LogP contribution is 2.42.